The van der Waals surface area contributed by atoms with Gasteiger partial charge in [0, 0.05) is 24.8 Å². The maximum atomic E-state index is 11.9. The smallest absolute Gasteiger partial charge is 0.250 e. The lowest BCUT2D eigenvalue weighted by Gasteiger charge is -2.32. The molecule has 1 saturated heterocycles. The van der Waals surface area contributed by atoms with Gasteiger partial charge in [-0.2, -0.15) is 0 Å². The molecule has 0 bridgehead atoms. The van der Waals surface area contributed by atoms with Gasteiger partial charge in [0.1, 0.15) is 9.84 Å². The highest BCUT2D eigenvalue weighted by Crippen LogP contribution is 2.32. The van der Waals surface area contributed by atoms with Crippen molar-refractivity contribution < 1.29 is 13.2 Å². The van der Waals surface area contributed by atoms with E-state index in [9.17, 15) is 13.2 Å². The lowest BCUT2D eigenvalue weighted by atomic mass is 9.89. The normalized spacial score (nSPS) is 19.7. The molecule has 1 radical (unpaired) electrons. The maximum absolute atomic E-state index is 11.9. The Balaban J connectivity index is 1.75. The van der Waals surface area contributed by atoms with Crippen LogP contribution < -0.4 is 5.73 Å². The predicted molar refractivity (Wildman–Crippen MR) is 106 cm³/mol. The van der Waals surface area contributed by atoms with Crippen molar-refractivity contribution in [1.82, 2.24) is 9.88 Å². The molecular formula is C20H28N3O3S. The number of piperidine rings is 1. The minimum Gasteiger partial charge on any atom is -0.366 e. The number of carbonyl (C=O) groups excluding carboxylic acids is 1. The molecule has 1 aliphatic carbocycles. The van der Waals surface area contributed by atoms with Crippen LogP contribution in [-0.4, -0.2) is 55.9 Å². The molecule has 2 aliphatic rings. The third kappa shape index (κ3) is 5.39. The van der Waals surface area contributed by atoms with E-state index in [-0.39, 0.29) is 11.7 Å². The summed E-state index contributed by atoms with van der Waals surface area (Å²) >= 11 is 0. The summed E-state index contributed by atoms with van der Waals surface area (Å²) in [5, 5.41) is 0. The molecule has 1 amide bonds. The molecule has 0 saturated carbocycles. The van der Waals surface area contributed by atoms with E-state index in [0.717, 1.165) is 56.6 Å². The number of amides is 1. The van der Waals surface area contributed by atoms with Crippen molar-refractivity contribution in [3.05, 3.63) is 35.2 Å². The predicted octanol–water partition coefficient (Wildman–Crippen LogP) is 2.16. The van der Waals surface area contributed by atoms with Crippen LogP contribution in [0.1, 0.15) is 66.2 Å². The number of pyridine rings is 1. The van der Waals surface area contributed by atoms with E-state index in [1.807, 2.05) is 0 Å². The molecule has 2 N–H and O–H groups in total. The SMILES string of the molecule is CS(=O)(=O)CCN1CCC(c2nc(C3=CCCCC3)[c]cc2C(N)=O)CC1. The largest absolute Gasteiger partial charge is 0.366 e. The number of primary amides is 1. The van der Waals surface area contributed by atoms with E-state index in [1.165, 1.54) is 18.2 Å². The molecule has 0 unspecified atom stereocenters. The number of nitrogens with zero attached hydrogens (tertiary/aromatic N) is 2. The molecule has 6 nitrogen and oxygen atoms in total. The fraction of sp³-hybridized carbons (Fsp3) is 0.600. The van der Waals surface area contributed by atoms with Crippen molar-refractivity contribution >= 4 is 21.3 Å². The Morgan fingerprint density at radius 1 is 1.33 bits per heavy atom. The lowest BCUT2D eigenvalue weighted by molar-refractivity contribution is 0.0997. The standard InChI is InChI=1S/C20H28N3O3S/c1-27(25,26)14-13-23-11-9-16(10-12-23)19-17(20(21)24)7-8-18(22-19)15-5-3-2-4-6-15/h5,7,16H,2-4,6,9-14H2,1H3,(H2,21,24). The van der Waals surface area contributed by atoms with Crippen molar-refractivity contribution in [3.8, 4) is 0 Å². The van der Waals surface area contributed by atoms with Gasteiger partial charge in [-0.1, -0.05) is 6.08 Å². The second-order valence-corrected chi connectivity index (χ2v) is 9.89. The Morgan fingerprint density at radius 2 is 2.07 bits per heavy atom. The van der Waals surface area contributed by atoms with Gasteiger partial charge in [0.15, 0.2) is 0 Å². The number of nitrogens with two attached hydrogens (primary N) is 1. The van der Waals surface area contributed by atoms with Crippen LogP contribution in [0.3, 0.4) is 0 Å². The summed E-state index contributed by atoms with van der Waals surface area (Å²) in [6.45, 7) is 2.16. The van der Waals surface area contributed by atoms with Crippen LogP contribution in [0.15, 0.2) is 12.1 Å². The van der Waals surface area contributed by atoms with E-state index in [0.29, 0.717) is 12.1 Å². The van der Waals surface area contributed by atoms with Crippen LogP contribution in [-0.2, 0) is 9.84 Å². The van der Waals surface area contributed by atoms with Gasteiger partial charge in [-0.05, 0) is 63.3 Å². The first-order valence-corrected chi connectivity index (χ1v) is 11.7. The topological polar surface area (TPSA) is 93.4 Å². The Labute approximate surface area is 161 Å². The van der Waals surface area contributed by atoms with Gasteiger partial charge >= 0.3 is 0 Å². The zero-order chi connectivity index (χ0) is 19.4. The number of aromatic nitrogens is 1. The highest BCUT2D eigenvalue weighted by Gasteiger charge is 2.26. The molecule has 7 heteroatoms. The minimum absolute atomic E-state index is 0.166. The van der Waals surface area contributed by atoms with Crippen molar-refractivity contribution in [1.29, 1.82) is 0 Å². The number of likely N-dealkylation sites (tertiary alicyclic amines) is 1. The van der Waals surface area contributed by atoms with Crippen LogP contribution in [0.2, 0.25) is 0 Å². The number of hydrogen-bond acceptors (Lipinski definition) is 5. The Bertz CT molecular complexity index is 825. The van der Waals surface area contributed by atoms with Gasteiger partial charge < -0.3 is 10.6 Å². The summed E-state index contributed by atoms with van der Waals surface area (Å²) < 4.78 is 22.7. The Kier molecular flexibility index (Phi) is 6.32. The number of allylic oxidation sites excluding steroid dienone is 2. The van der Waals surface area contributed by atoms with Crippen LogP contribution in [0.5, 0.6) is 0 Å². The molecule has 0 aromatic carbocycles. The number of hydrogen-bond donors (Lipinski definition) is 1. The van der Waals surface area contributed by atoms with Crippen LogP contribution in [0.4, 0.5) is 0 Å². The first-order chi connectivity index (χ1) is 12.8. The van der Waals surface area contributed by atoms with Gasteiger partial charge in [-0.25, -0.2) is 8.42 Å². The molecule has 1 fully saturated rings. The second-order valence-electron chi connectivity index (χ2n) is 7.63. The third-order valence-corrected chi connectivity index (χ3v) is 6.40. The molecule has 147 valence electrons. The summed E-state index contributed by atoms with van der Waals surface area (Å²) in [5.74, 6) is -0.113. The van der Waals surface area contributed by atoms with Gasteiger partial charge in [-0.3, -0.25) is 9.78 Å². The van der Waals surface area contributed by atoms with Crippen LogP contribution in [0.25, 0.3) is 5.57 Å². The number of sulfone groups is 1. The zero-order valence-electron chi connectivity index (χ0n) is 15.9. The second kappa shape index (κ2) is 8.52. The van der Waals surface area contributed by atoms with Gasteiger partial charge in [-0.15, -0.1) is 0 Å². The van der Waals surface area contributed by atoms with Crippen molar-refractivity contribution in [2.24, 2.45) is 5.73 Å². The van der Waals surface area contributed by atoms with Gasteiger partial charge in [0.25, 0.3) is 5.91 Å². The van der Waals surface area contributed by atoms with Gasteiger partial charge in [0.2, 0.25) is 0 Å². The van der Waals surface area contributed by atoms with Gasteiger partial charge in [0.05, 0.1) is 22.7 Å². The lowest BCUT2D eigenvalue weighted by Crippen LogP contribution is -2.36. The number of carbonyl (C=O) groups is 1. The molecule has 0 spiro atoms. The fourth-order valence-corrected chi connectivity index (χ4v) is 4.47. The van der Waals surface area contributed by atoms with E-state index < -0.39 is 15.7 Å². The van der Waals surface area contributed by atoms with Crippen molar-refractivity contribution in [2.75, 3.05) is 31.6 Å². The minimum atomic E-state index is -2.95. The summed E-state index contributed by atoms with van der Waals surface area (Å²) in [5.41, 5.74) is 8.88. The fourth-order valence-electron chi connectivity index (χ4n) is 3.88. The molecular weight excluding hydrogens is 362 g/mol. The first kappa shape index (κ1) is 20.0. The Hall–Kier alpha value is -1.73. The molecule has 1 aliphatic heterocycles. The highest BCUT2D eigenvalue weighted by atomic mass is 32.2. The molecule has 3 rings (SSSR count). The third-order valence-electron chi connectivity index (χ3n) is 5.47. The summed E-state index contributed by atoms with van der Waals surface area (Å²) in [6.07, 6.45) is 9.63. The average Bonchev–Trinajstić information content (AvgIpc) is 2.66. The average molecular weight is 391 g/mol. The van der Waals surface area contributed by atoms with E-state index in [2.05, 4.69) is 17.0 Å². The Morgan fingerprint density at radius 3 is 2.67 bits per heavy atom. The quantitative estimate of drug-likeness (QED) is 0.803. The molecule has 1 aromatic heterocycles. The van der Waals surface area contributed by atoms with E-state index >= 15 is 0 Å². The molecule has 1 aromatic rings. The number of rotatable bonds is 6. The zero-order valence-corrected chi connectivity index (χ0v) is 16.7. The van der Waals surface area contributed by atoms with Crippen LogP contribution >= 0.6 is 0 Å². The molecule has 0 atom stereocenters. The molecule has 2 heterocycles. The maximum Gasteiger partial charge on any atom is 0.250 e. The first-order valence-electron chi connectivity index (χ1n) is 9.65. The van der Waals surface area contributed by atoms with Crippen LogP contribution in [0, 0.1) is 6.07 Å². The monoisotopic (exact) mass is 390 g/mol. The van der Waals surface area contributed by atoms with E-state index in [1.54, 1.807) is 6.07 Å². The summed E-state index contributed by atoms with van der Waals surface area (Å²) in [7, 11) is -2.95. The highest BCUT2D eigenvalue weighted by molar-refractivity contribution is 7.90. The van der Waals surface area contributed by atoms with E-state index in [4.69, 9.17) is 10.7 Å². The molecule has 27 heavy (non-hydrogen) atoms. The van der Waals surface area contributed by atoms with Crippen molar-refractivity contribution in [2.45, 2.75) is 44.4 Å². The summed E-state index contributed by atoms with van der Waals surface area (Å²) in [4.78, 5) is 18.9. The summed E-state index contributed by atoms with van der Waals surface area (Å²) in [6, 6.07) is 4.86. The van der Waals surface area contributed by atoms with Crippen molar-refractivity contribution in [3.63, 3.8) is 0 Å².